The van der Waals surface area contributed by atoms with Crippen LogP contribution in [0.3, 0.4) is 0 Å². The number of ether oxygens (including phenoxy) is 4. The molecule has 1 heterocycles. The highest BCUT2D eigenvalue weighted by atomic mass is 16.5. The number of rotatable bonds is 8. The molecule has 0 fully saturated rings. The fourth-order valence-electron chi connectivity index (χ4n) is 3.40. The van der Waals surface area contributed by atoms with Crippen LogP contribution in [0, 0.1) is 6.92 Å². The predicted molar refractivity (Wildman–Crippen MR) is 121 cm³/mol. The standard InChI is InChI=1S/C24H24N2O7/c1-14-19(17(26-24(29)32-4)12-25-20(14)23(27)28)16-10-11-18(30-2)22(31-3)21(16)33-13-15-8-6-5-7-9-15/h5-12H,13H2,1-4H3,(H,26,29)(H,27,28). The molecule has 1 amide bonds. The summed E-state index contributed by atoms with van der Waals surface area (Å²) in [6, 6.07) is 12.9. The number of nitrogens with zero attached hydrogens (tertiary/aromatic N) is 1. The predicted octanol–water partition coefficient (Wildman–Crippen LogP) is 4.53. The molecule has 0 bridgehead atoms. The molecule has 0 aliphatic heterocycles. The molecule has 9 heteroatoms. The van der Waals surface area contributed by atoms with E-state index in [2.05, 4.69) is 10.3 Å². The highest BCUT2D eigenvalue weighted by molar-refractivity contribution is 5.98. The second kappa shape index (κ2) is 10.4. The quantitative estimate of drug-likeness (QED) is 0.512. The van der Waals surface area contributed by atoms with Crippen LogP contribution in [-0.2, 0) is 11.3 Å². The first-order valence-corrected chi connectivity index (χ1v) is 9.91. The number of nitrogens with one attached hydrogen (secondary N) is 1. The average Bonchev–Trinajstić information content (AvgIpc) is 2.82. The lowest BCUT2D eigenvalue weighted by Crippen LogP contribution is -2.15. The third kappa shape index (κ3) is 4.98. The minimum atomic E-state index is -1.20. The van der Waals surface area contributed by atoms with Gasteiger partial charge in [-0.15, -0.1) is 0 Å². The maximum atomic E-state index is 12.0. The number of pyridine rings is 1. The van der Waals surface area contributed by atoms with E-state index >= 15 is 0 Å². The number of carbonyl (C=O) groups excluding carboxylic acids is 1. The summed E-state index contributed by atoms with van der Waals surface area (Å²) in [6.07, 6.45) is 0.535. The maximum Gasteiger partial charge on any atom is 0.411 e. The summed E-state index contributed by atoms with van der Waals surface area (Å²) in [5.74, 6) is -0.134. The smallest absolute Gasteiger partial charge is 0.411 e. The molecule has 0 atom stereocenters. The molecule has 33 heavy (non-hydrogen) atoms. The molecule has 0 radical (unpaired) electrons. The minimum absolute atomic E-state index is 0.163. The molecule has 0 spiro atoms. The van der Waals surface area contributed by atoms with E-state index in [0.717, 1.165) is 5.56 Å². The Balaban J connectivity index is 2.25. The average molecular weight is 452 g/mol. The van der Waals surface area contributed by atoms with Crippen molar-refractivity contribution in [2.75, 3.05) is 26.6 Å². The number of anilines is 1. The summed E-state index contributed by atoms with van der Waals surface area (Å²) >= 11 is 0. The van der Waals surface area contributed by atoms with Crippen molar-refractivity contribution in [2.45, 2.75) is 13.5 Å². The normalized spacial score (nSPS) is 10.3. The van der Waals surface area contributed by atoms with Crippen LogP contribution in [-0.4, -0.2) is 43.5 Å². The van der Waals surface area contributed by atoms with Crippen molar-refractivity contribution in [3.63, 3.8) is 0 Å². The summed E-state index contributed by atoms with van der Waals surface area (Å²) in [6.45, 7) is 1.82. The van der Waals surface area contributed by atoms with Gasteiger partial charge in [-0.1, -0.05) is 30.3 Å². The lowest BCUT2D eigenvalue weighted by atomic mass is 9.96. The van der Waals surface area contributed by atoms with E-state index < -0.39 is 12.1 Å². The molecule has 9 nitrogen and oxygen atoms in total. The number of hydrogen-bond acceptors (Lipinski definition) is 7. The van der Waals surface area contributed by atoms with Crippen molar-refractivity contribution in [3.05, 3.63) is 65.5 Å². The lowest BCUT2D eigenvalue weighted by Gasteiger charge is -2.21. The molecule has 2 aromatic carbocycles. The molecule has 1 aromatic heterocycles. The summed E-state index contributed by atoms with van der Waals surface area (Å²) in [5.41, 5.74) is 2.21. The van der Waals surface area contributed by atoms with E-state index in [1.54, 1.807) is 19.1 Å². The number of methoxy groups -OCH3 is 3. The van der Waals surface area contributed by atoms with Gasteiger partial charge in [0.1, 0.15) is 6.61 Å². The Morgan fingerprint density at radius 2 is 1.73 bits per heavy atom. The molecule has 2 N–H and O–H groups in total. The number of carboxylic acid groups (broad SMARTS) is 1. The van der Waals surface area contributed by atoms with Crippen molar-refractivity contribution >= 4 is 17.7 Å². The van der Waals surface area contributed by atoms with Crippen LogP contribution in [0.15, 0.2) is 48.7 Å². The van der Waals surface area contributed by atoms with E-state index in [1.807, 2.05) is 30.3 Å². The molecule has 0 saturated heterocycles. The second-order valence-corrected chi connectivity index (χ2v) is 6.89. The molecule has 0 unspecified atom stereocenters. The number of carbonyl (C=O) groups is 2. The SMILES string of the molecule is COC(=O)Nc1cnc(C(=O)O)c(C)c1-c1ccc(OC)c(OC)c1OCc1ccccc1. The molecule has 0 saturated carbocycles. The molecule has 0 aliphatic carbocycles. The minimum Gasteiger partial charge on any atom is -0.493 e. The van der Waals surface area contributed by atoms with Gasteiger partial charge in [0, 0.05) is 11.1 Å². The monoisotopic (exact) mass is 452 g/mol. The Morgan fingerprint density at radius 3 is 2.33 bits per heavy atom. The number of carboxylic acids is 1. The Morgan fingerprint density at radius 1 is 1.00 bits per heavy atom. The summed E-state index contributed by atoms with van der Waals surface area (Å²) in [4.78, 5) is 27.7. The van der Waals surface area contributed by atoms with Gasteiger partial charge in [0.25, 0.3) is 0 Å². The Labute approximate surface area is 190 Å². The lowest BCUT2D eigenvalue weighted by molar-refractivity contribution is 0.0689. The van der Waals surface area contributed by atoms with E-state index in [1.165, 1.54) is 27.5 Å². The number of aromatic carboxylic acids is 1. The van der Waals surface area contributed by atoms with Gasteiger partial charge in [0.2, 0.25) is 5.75 Å². The zero-order valence-corrected chi connectivity index (χ0v) is 18.7. The van der Waals surface area contributed by atoms with E-state index in [-0.39, 0.29) is 18.0 Å². The third-order valence-corrected chi connectivity index (χ3v) is 4.94. The highest BCUT2D eigenvalue weighted by Gasteiger charge is 2.25. The van der Waals surface area contributed by atoms with Gasteiger partial charge < -0.3 is 24.1 Å². The van der Waals surface area contributed by atoms with Crippen LogP contribution < -0.4 is 19.5 Å². The summed E-state index contributed by atoms with van der Waals surface area (Å²) < 4.78 is 21.9. The van der Waals surface area contributed by atoms with Gasteiger partial charge in [-0.2, -0.15) is 0 Å². The molecule has 0 aliphatic rings. The molecular formula is C24H24N2O7. The van der Waals surface area contributed by atoms with Crippen molar-refractivity contribution in [1.29, 1.82) is 0 Å². The van der Waals surface area contributed by atoms with Crippen molar-refractivity contribution < 1.29 is 33.6 Å². The topological polar surface area (TPSA) is 116 Å². The fraction of sp³-hybridized carbons (Fsp3) is 0.208. The van der Waals surface area contributed by atoms with E-state index in [9.17, 15) is 14.7 Å². The van der Waals surface area contributed by atoms with Gasteiger partial charge in [-0.05, 0) is 30.2 Å². The van der Waals surface area contributed by atoms with Crippen LogP contribution >= 0.6 is 0 Å². The number of hydrogen-bond donors (Lipinski definition) is 2. The van der Waals surface area contributed by atoms with Gasteiger partial charge in [0.15, 0.2) is 17.2 Å². The first-order chi connectivity index (χ1) is 15.9. The highest BCUT2D eigenvalue weighted by Crippen LogP contribution is 2.47. The number of amides is 1. The molecule has 3 rings (SSSR count). The van der Waals surface area contributed by atoms with Gasteiger partial charge in [0.05, 0.1) is 33.2 Å². The Hall–Kier alpha value is -4.27. The van der Waals surface area contributed by atoms with Gasteiger partial charge in [-0.3, -0.25) is 5.32 Å². The van der Waals surface area contributed by atoms with Gasteiger partial charge >= 0.3 is 12.1 Å². The van der Waals surface area contributed by atoms with Crippen LogP contribution in [0.4, 0.5) is 10.5 Å². The van der Waals surface area contributed by atoms with E-state index in [4.69, 9.17) is 18.9 Å². The zero-order chi connectivity index (χ0) is 24.0. The van der Waals surface area contributed by atoms with Crippen molar-refractivity contribution in [1.82, 2.24) is 4.98 Å². The maximum absolute atomic E-state index is 12.0. The second-order valence-electron chi connectivity index (χ2n) is 6.89. The first-order valence-electron chi connectivity index (χ1n) is 9.91. The molecule has 172 valence electrons. The summed E-state index contributed by atoms with van der Waals surface area (Å²) in [5, 5.41) is 12.2. The van der Waals surface area contributed by atoms with Gasteiger partial charge in [-0.25, -0.2) is 14.6 Å². The van der Waals surface area contributed by atoms with Crippen LogP contribution in [0.25, 0.3) is 11.1 Å². The Kier molecular flexibility index (Phi) is 7.34. The largest absolute Gasteiger partial charge is 0.493 e. The summed E-state index contributed by atoms with van der Waals surface area (Å²) in [7, 11) is 4.21. The Bertz CT molecular complexity index is 1160. The van der Waals surface area contributed by atoms with E-state index in [0.29, 0.717) is 33.9 Å². The van der Waals surface area contributed by atoms with Crippen LogP contribution in [0.1, 0.15) is 21.6 Å². The fourth-order valence-corrected chi connectivity index (χ4v) is 3.40. The third-order valence-electron chi connectivity index (χ3n) is 4.94. The molecular weight excluding hydrogens is 428 g/mol. The first kappa shape index (κ1) is 23.4. The zero-order valence-electron chi connectivity index (χ0n) is 18.7. The molecule has 3 aromatic rings. The van der Waals surface area contributed by atoms with Crippen molar-refractivity contribution in [3.8, 4) is 28.4 Å². The number of aromatic nitrogens is 1. The van der Waals surface area contributed by atoms with Crippen LogP contribution in [0.5, 0.6) is 17.2 Å². The number of benzene rings is 2. The van der Waals surface area contributed by atoms with Crippen LogP contribution in [0.2, 0.25) is 0 Å². The van der Waals surface area contributed by atoms with Crippen molar-refractivity contribution in [2.24, 2.45) is 0 Å².